The monoisotopic (exact) mass is 468 g/mol. The van der Waals surface area contributed by atoms with E-state index in [1.54, 1.807) is 6.07 Å². The summed E-state index contributed by atoms with van der Waals surface area (Å²) in [6, 6.07) is 15.0. The average molecular weight is 469 g/mol. The Balaban J connectivity index is 1.92. The van der Waals surface area contributed by atoms with Gasteiger partial charge >= 0.3 is 5.97 Å². The van der Waals surface area contributed by atoms with E-state index < -0.39 is 23.7 Å². The Hall–Kier alpha value is -3.38. The number of rotatable bonds is 7. The third-order valence-electron chi connectivity index (χ3n) is 5.47. The maximum Gasteiger partial charge on any atom is 0.325 e. The summed E-state index contributed by atoms with van der Waals surface area (Å²) in [5.41, 5.74) is 5.14. The molecule has 0 bridgehead atoms. The van der Waals surface area contributed by atoms with Crippen LogP contribution in [0.5, 0.6) is 0 Å². The molecule has 0 aliphatic carbocycles. The van der Waals surface area contributed by atoms with Gasteiger partial charge in [0.05, 0.1) is 5.56 Å². The molecule has 3 aromatic carbocycles. The molecule has 3 aromatic rings. The molecule has 0 saturated carbocycles. The number of aliphatic carboxylic acids is 1. The zero-order valence-corrected chi connectivity index (χ0v) is 19.7. The Morgan fingerprint density at radius 2 is 1.67 bits per heavy atom. The molecule has 0 radical (unpaired) electrons. The summed E-state index contributed by atoms with van der Waals surface area (Å²) in [6.45, 7) is 8.04. The zero-order chi connectivity index (χ0) is 24.3. The first kappa shape index (κ1) is 24.3. The van der Waals surface area contributed by atoms with Crippen LogP contribution in [-0.2, 0) is 4.79 Å². The summed E-state index contributed by atoms with van der Waals surface area (Å²) < 4.78 is 14.7. The first-order valence-electron chi connectivity index (χ1n) is 10.6. The van der Waals surface area contributed by atoms with Crippen LogP contribution in [0.1, 0.15) is 35.3 Å². The number of hydrogen-bond donors (Lipinski definition) is 2. The Morgan fingerprint density at radius 1 is 1.03 bits per heavy atom. The maximum absolute atomic E-state index is 14.7. The second-order valence-electron chi connectivity index (χ2n) is 7.92. The lowest BCUT2D eigenvalue weighted by atomic mass is 10.0. The molecule has 0 aliphatic rings. The average Bonchev–Trinajstić information content (AvgIpc) is 2.77. The van der Waals surface area contributed by atoms with Gasteiger partial charge in [-0.15, -0.1) is 0 Å². The van der Waals surface area contributed by atoms with Crippen LogP contribution in [0, 0.1) is 19.7 Å². The van der Waals surface area contributed by atoms with Crippen molar-refractivity contribution in [3.8, 4) is 11.1 Å². The second-order valence-corrected chi connectivity index (χ2v) is 8.29. The van der Waals surface area contributed by atoms with Gasteiger partial charge in [0.15, 0.2) is 0 Å². The molecule has 0 heterocycles. The Labute approximate surface area is 197 Å². The molecule has 1 amide bonds. The second kappa shape index (κ2) is 10.0. The summed E-state index contributed by atoms with van der Waals surface area (Å²) in [7, 11) is 0. The largest absolute Gasteiger partial charge is 0.480 e. The summed E-state index contributed by atoms with van der Waals surface area (Å²) in [5.74, 6) is -2.68. The predicted octanol–water partition coefficient (Wildman–Crippen LogP) is 6.12. The predicted molar refractivity (Wildman–Crippen MR) is 130 cm³/mol. The van der Waals surface area contributed by atoms with Crippen molar-refractivity contribution in [3.63, 3.8) is 0 Å². The Bertz CT molecular complexity index is 1190. The first-order chi connectivity index (χ1) is 15.6. The SMILES string of the molecule is CCN(c1cccc(-c2ccc(C(=O)NC(C)C(=O)O)c(F)c2)c1)c1cc(C)c(Cl)c(C)c1. The van der Waals surface area contributed by atoms with Crippen molar-refractivity contribution < 1.29 is 19.1 Å². The quantitative estimate of drug-likeness (QED) is 0.438. The number of halogens is 2. The van der Waals surface area contributed by atoms with Crippen molar-refractivity contribution in [2.45, 2.75) is 33.7 Å². The van der Waals surface area contributed by atoms with Crippen LogP contribution >= 0.6 is 11.6 Å². The van der Waals surface area contributed by atoms with Crippen LogP contribution in [0.2, 0.25) is 5.02 Å². The highest BCUT2D eigenvalue weighted by molar-refractivity contribution is 6.32. The molecule has 0 spiro atoms. The summed E-state index contributed by atoms with van der Waals surface area (Å²) in [6.07, 6.45) is 0. The summed E-state index contributed by atoms with van der Waals surface area (Å²) >= 11 is 6.33. The lowest BCUT2D eigenvalue weighted by molar-refractivity contribution is -0.138. The van der Waals surface area contributed by atoms with Crippen LogP contribution in [-0.4, -0.2) is 29.6 Å². The maximum atomic E-state index is 14.7. The normalized spacial score (nSPS) is 11.7. The van der Waals surface area contributed by atoms with E-state index in [1.807, 2.05) is 50.2 Å². The number of amides is 1. The third kappa shape index (κ3) is 5.34. The van der Waals surface area contributed by atoms with Gasteiger partial charge in [-0.3, -0.25) is 9.59 Å². The lowest BCUT2D eigenvalue weighted by Crippen LogP contribution is -2.38. The molecule has 0 aliphatic heterocycles. The third-order valence-corrected chi connectivity index (χ3v) is 6.07. The van der Waals surface area contributed by atoms with Gasteiger partial charge in [-0.05, 0) is 86.3 Å². The number of carbonyl (C=O) groups is 2. The highest BCUT2D eigenvalue weighted by atomic mass is 35.5. The van der Waals surface area contributed by atoms with E-state index in [2.05, 4.69) is 17.1 Å². The van der Waals surface area contributed by atoms with E-state index in [1.165, 1.54) is 19.1 Å². The van der Waals surface area contributed by atoms with Crippen LogP contribution in [0.15, 0.2) is 54.6 Å². The Morgan fingerprint density at radius 3 is 2.24 bits per heavy atom. The van der Waals surface area contributed by atoms with Gasteiger partial charge in [0.1, 0.15) is 11.9 Å². The molecule has 1 atom stereocenters. The molecular weight excluding hydrogens is 443 g/mol. The fraction of sp³-hybridized carbons (Fsp3) is 0.231. The number of nitrogens with zero attached hydrogens (tertiary/aromatic N) is 1. The van der Waals surface area contributed by atoms with E-state index in [-0.39, 0.29) is 5.56 Å². The van der Waals surface area contributed by atoms with E-state index in [0.717, 1.165) is 39.6 Å². The standard InChI is InChI=1S/C26H26ClFN2O3/c1-5-30(21-11-15(2)24(27)16(3)12-21)20-8-6-7-18(13-20)19-9-10-22(23(28)14-19)25(31)29-17(4)26(32)33/h6-14,17H,5H2,1-4H3,(H,29,31)(H,32,33). The number of benzene rings is 3. The summed E-state index contributed by atoms with van der Waals surface area (Å²) in [5, 5.41) is 12.0. The van der Waals surface area contributed by atoms with Gasteiger partial charge in [0, 0.05) is 22.9 Å². The molecule has 1 unspecified atom stereocenters. The number of hydrogen-bond acceptors (Lipinski definition) is 3. The van der Waals surface area contributed by atoms with Crippen LogP contribution < -0.4 is 10.2 Å². The fourth-order valence-corrected chi connectivity index (χ4v) is 3.77. The molecule has 3 rings (SSSR count). The van der Waals surface area contributed by atoms with Gasteiger partial charge < -0.3 is 15.3 Å². The van der Waals surface area contributed by atoms with Gasteiger partial charge in [0.2, 0.25) is 0 Å². The van der Waals surface area contributed by atoms with Crippen LogP contribution in [0.3, 0.4) is 0 Å². The minimum absolute atomic E-state index is 0.203. The Kier molecular flexibility index (Phi) is 7.39. The highest BCUT2D eigenvalue weighted by Crippen LogP contribution is 2.33. The zero-order valence-electron chi connectivity index (χ0n) is 18.9. The molecular formula is C26H26ClFN2O3. The number of anilines is 2. The molecule has 7 heteroatoms. The number of carboxylic acid groups (broad SMARTS) is 1. The number of carbonyl (C=O) groups excluding carboxylic acids is 1. The van der Waals surface area contributed by atoms with Gasteiger partial charge in [0.25, 0.3) is 5.91 Å². The molecule has 33 heavy (non-hydrogen) atoms. The molecule has 0 fully saturated rings. The minimum Gasteiger partial charge on any atom is -0.480 e. The summed E-state index contributed by atoms with van der Waals surface area (Å²) in [4.78, 5) is 25.3. The molecule has 0 aromatic heterocycles. The van der Waals surface area contributed by atoms with E-state index >= 15 is 0 Å². The smallest absolute Gasteiger partial charge is 0.325 e. The lowest BCUT2D eigenvalue weighted by Gasteiger charge is -2.25. The fourth-order valence-electron chi connectivity index (χ4n) is 3.66. The molecule has 5 nitrogen and oxygen atoms in total. The van der Waals surface area contributed by atoms with E-state index in [9.17, 15) is 14.0 Å². The van der Waals surface area contributed by atoms with Crippen LogP contribution in [0.25, 0.3) is 11.1 Å². The van der Waals surface area contributed by atoms with Crippen molar-refractivity contribution in [2.24, 2.45) is 0 Å². The van der Waals surface area contributed by atoms with Gasteiger partial charge in [-0.25, -0.2) is 4.39 Å². The number of carboxylic acids is 1. The van der Waals surface area contributed by atoms with Crippen molar-refractivity contribution >= 4 is 34.9 Å². The highest BCUT2D eigenvalue weighted by Gasteiger charge is 2.19. The molecule has 0 saturated heterocycles. The van der Waals surface area contributed by atoms with Gasteiger partial charge in [-0.1, -0.05) is 29.8 Å². The van der Waals surface area contributed by atoms with Crippen molar-refractivity contribution in [1.29, 1.82) is 0 Å². The van der Waals surface area contributed by atoms with Crippen LogP contribution in [0.4, 0.5) is 15.8 Å². The van der Waals surface area contributed by atoms with Crippen molar-refractivity contribution in [3.05, 3.63) is 82.1 Å². The number of aryl methyl sites for hydroxylation is 2. The van der Waals surface area contributed by atoms with Gasteiger partial charge in [-0.2, -0.15) is 0 Å². The van der Waals surface area contributed by atoms with E-state index in [0.29, 0.717) is 5.56 Å². The number of nitrogens with one attached hydrogen (secondary N) is 1. The van der Waals surface area contributed by atoms with E-state index in [4.69, 9.17) is 16.7 Å². The molecule has 2 N–H and O–H groups in total. The first-order valence-corrected chi connectivity index (χ1v) is 11.0. The minimum atomic E-state index is -1.19. The van der Waals surface area contributed by atoms with Crippen molar-refractivity contribution in [2.75, 3.05) is 11.4 Å². The topological polar surface area (TPSA) is 69.6 Å². The van der Waals surface area contributed by atoms with Crippen molar-refractivity contribution in [1.82, 2.24) is 5.32 Å². The molecule has 172 valence electrons.